The zero-order chi connectivity index (χ0) is 16.1. The van der Waals surface area contributed by atoms with Crippen LogP contribution >= 0.6 is 0 Å². The van der Waals surface area contributed by atoms with Crippen LogP contribution in [0.2, 0.25) is 0 Å². The molecule has 1 aliphatic rings. The van der Waals surface area contributed by atoms with Gasteiger partial charge in [0.2, 0.25) is 0 Å². The van der Waals surface area contributed by atoms with Crippen LogP contribution in [0.3, 0.4) is 0 Å². The number of nitriles is 1. The molecule has 1 aliphatic heterocycles. The minimum atomic E-state index is -0.305. The third-order valence-corrected chi connectivity index (χ3v) is 3.86. The number of morpholine rings is 1. The Hall–Kier alpha value is -2.64. The van der Waals surface area contributed by atoms with E-state index in [-0.39, 0.29) is 5.82 Å². The summed E-state index contributed by atoms with van der Waals surface area (Å²) in [5.74, 6) is -0.305. The van der Waals surface area contributed by atoms with Crippen molar-refractivity contribution in [3.05, 3.63) is 65.5 Å². The molecule has 0 amide bonds. The molecule has 0 radical (unpaired) electrons. The number of halogens is 1. The molecule has 0 spiro atoms. The highest BCUT2D eigenvalue weighted by Crippen LogP contribution is 2.21. The molecule has 0 saturated carbocycles. The van der Waals surface area contributed by atoms with Crippen molar-refractivity contribution in [1.82, 2.24) is 0 Å². The number of nitrogens with zero attached hydrogens (tertiary/aromatic N) is 2. The molecule has 0 bridgehead atoms. The molecule has 1 saturated heterocycles. The largest absolute Gasteiger partial charge is 0.378 e. The van der Waals surface area contributed by atoms with E-state index in [0.717, 1.165) is 37.6 Å². The van der Waals surface area contributed by atoms with Crippen LogP contribution in [0.15, 0.2) is 48.5 Å². The predicted molar refractivity (Wildman–Crippen MR) is 89.4 cm³/mol. The van der Waals surface area contributed by atoms with E-state index in [1.54, 1.807) is 12.1 Å². The fourth-order valence-corrected chi connectivity index (χ4v) is 2.58. The Bertz CT molecular complexity index is 723. The maximum atomic E-state index is 13.0. The lowest BCUT2D eigenvalue weighted by molar-refractivity contribution is 0.122. The lowest BCUT2D eigenvalue weighted by Gasteiger charge is -2.28. The highest BCUT2D eigenvalue weighted by atomic mass is 19.1. The zero-order valence-corrected chi connectivity index (χ0v) is 12.7. The van der Waals surface area contributed by atoms with Crippen LogP contribution in [0.4, 0.5) is 10.1 Å². The number of anilines is 1. The van der Waals surface area contributed by atoms with Gasteiger partial charge >= 0.3 is 0 Å². The number of benzene rings is 2. The quantitative estimate of drug-likeness (QED) is 0.640. The van der Waals surface area contributed by atoms with Crippen molar-refractivity contribution >= 4 is 17.3 Å². The summed E-state index contributed by atoms with van der Waals surface area (Å²) in [5.41, 5.74) is 3.34. The summed E-state index contributed by atoms with van der Waals surface area (Å²) < 4.78 is 18.3. The molecule has 0 aliphatic carbocycles. The van der Waals surface area contributed by atoms with Crippen LogP contribution in [-0.2, 0) is 4.74 Å². The lowest BCUT2D eigenvalue weighted by Crippen LogP contribution is -2.36. The smallest absolute Gasteiger partial charge is 0.123 e. The van der Waals surface area contributed by atoms with E-state index in [4.69, 9.17) is 4.74 Å². The third kappa shape index (κ3) is 3.77. The summed E-state index contributed by atoms with van der Waals surface area (Å²) in [6.07, 6.45) is 1.82. The van der Waals surface area contributed by atoms with Crippen LogP contribution in [0.25, 0.3) is 11.6 Å². The summed E-state index contributed by atoms with van der Waals surface area (Å²) >= 11 is 0. The van der Waals surface area contributed by atoms with E-state index in [9.17, 15) is 9.65 Å². The number of allylic oxidation sites excluding steroid dienone is 1. The fourth-order valence-electron chi connectivity index (χ4n) is 2.58. The van der Waals surface area contributed by atoms with Crippen molar-refractivity contribution in [2.45, 2.75) is 0 Å². The second kappa shape index (κ2) is 7.08. The Kier molecular flexibility index (Phi) is 4.70. The van der Waals surface area contributed by atoms with Gasteiger partial charge in [-0.3, -0.25) is 0 Å². The molecular formula is C19H17FN2O. The van der Waals surface area contributed by atoms with E-state index in [2.05, 4.69) is 23.1 Å². The standard InChI is InChI=1S/C19H17FN2O/c20-18-5-3-16(4-6-18)17(14-21)13-15-1-7-19(8-2-15)22-9-11-23-12-10-22/h1-8,13H,9-12H2. The number of hydrogen-bond donors (Lipinski definition) is 0. The summed E-state index contributed by atoms with van der Waals surface area (Å²) in [7, 11) is 0. The molecule has 0 N–H and O–H groups in total. The second-order valence-electron chi connectivity index (χ2n) is 5.37. The van der Waals surface area contributed by atoms with Crippen molar-refractivity contribution in [2.24, 2.45) is 0 Å². The van der Waals surface area contributed by atoms with Gasteiger partial charge in [-0.05, 0) is 41.5 Å². The molecule has 3 rings (SSSR count). The summed E-state index contributed by atoms with van der Waals surface area (Å²) in [4.78, 5) is 2.28. The van der Waals surface area contributed by atoms with Crippen molar-refractivity contribution in [2.75, 3.05) is 31.2 Å². The maximum absolute atomic E-state index is 13.0. The minimum absolute atomic E-state index is 0.305. The van der Waals surface area contributed by atoms with E-state index in [1.807, 2.05) is 18.2 Å². The average molecular weight is 308 g/mol. The Morgan fingerprint density at radius 2 is 1.70 bits per heavy atom. The normalized spacial score (nSPS) is 15.3. The highest BCUT2D eigenvalue weighted by molar-refractivity contribution is 5.89. The zero-order valence-electron chi connectivity index (χ0n) is 12.7. The molecule has 4 heteroatoms. The van der Waals surface area contributed by atoms with Crippen molar-refractivity contribution < 1.29 is 9.13 Å². The first-order valence-electron chi connectivity index (χ1n) is 7.57. The van der Waals surface area contributed by atoms with Gasteiger partial charge in [0, 0.05) is 18.8 Å². The molecule has 116 valence electrons. The summed E-state index contributed by atoms with van der Waals surface area (Å²) in [6, 6.07) is 16.2. The molecule has 2 aromatic rings. The first-order chi connectivity index (χ1) is 11.3. The van der Waals surface area contributed by atoms with Crippen molar-refractivity contribution in [3.63, 3.8) is 0 Å². The van der Waals surface area contributed by atoms with Crippen LogP contribution in [-0.4, -0.2) is 26.3 Å². The van der Waals surface area contributed by atoms with Gasteiger partial charge in [-0.1, -0.05) is 24.3 Å². The van der Waals surface area contributed by atoms with Crippen LogP contribution in [0.5, 0.6) is 0 Å². The van der Waals surface area contributed by atoms with Gasteiger partial charge in [0.25, 0.3) is 0 Å². The Labute approximate surface area is 135 Å². The number of hydrogen-bond acceptors (Lipinski definition) is 3. The van der Waals surface area contributed by atoms with E-state index in [1.165, 1.54) is 12.1 Å². The van der Waals surface area contributed by atoms with E-state index < -0.39 is 0 Å². The van der Waals surface area contributed by atoms with Crippen molar-refractivity contribution in [3.8, 4) is 6.07 Å². The van der Waals surface area contributed by atoms with Crippen LogP contribution in [0.1, 0.15) is 11.1 Å². The number of ether oxygens (including phenoxy) is 1. The van der Waals surface area contributed by atoms with Gasteiger partial charge in [-0.2, -0.15) is 5.26 Å². The molecule has 0 atom stereocenters. The Morgan fingerprint density at radius 3 is 2.30 bits per heavy atom. The molecule has 1 fully saturated rings. The molecule has 0 aromatic heterocycles. The minimum Gasteiger partial charge on any atom is -0.378 e. The first-order valence-corrected chi connectivity index (χ1v) is 7.57. The molecule has 23 heavy (non-hydrogen) atoms. The number of rotatable bonds is 3. The molecule has 2 aromatic carbocycles. The maximum Gasteiger partial charge on any atom is 0.123 e. The Morgan fingerprint density at radius 1 is 1.04 bits per heavy atom. The Balaban J connectivity index is 1.80. The van der Waals surface area contributed by atoms with Crippen molar-refractivity contribution in [1.29, 1.82) is 5.26 Å². The SMILES string of the molecule is N#CC(=Cc1ccc(N2CCOCC2)cc1)c1ccc(F)cc1. The summed E-state index contributed by atoms with van der Waals surface area (Å²) in [6.45, 7) is 3.30. The molecule has 3 nitrogen and oxygen atoms in total. The van der Waals surface area contributed by atoms with Gasteiger partial charge in [-0.15, -0.1) is 0 Å². The van der Waals surface area contributed by atoms with Gasteiger partial charge in [-0.25, -0.2) is 4.39 Å². The average Bonchev–Trinajstić information content (AvgIpc) is 2.62. The van der Waals surface area contributed by atoms with E-state index in [0.29, 0.717) is 11.1 Å². The monoisotopic (exact) mass is 308 g/mol. The molecular weight excluding hydrogens is 291 g/mol. The van der Waals surface area contributed by atoms with Gasteiger partial charge in [0.1, 0.15) is 5.82 Å². The van der Waals surface area contributed by atoms with Gasteiger partial charge in [0.05, 0.1) is 24.9 Å². The summed E-state index contributed by atoms with van der Waals surface area (Å²) in [5, 5.41) is 9.33. The fraction of sp³-hybridized carbons (Fsp3) is 0.211. The van der Waals surface area contributed by atoms with Crippen LogP contribution < -0.4 is 4.90 Å². The van der Waals surface area contributed by atoms with Gasteiger partial charge in [0.15, 0.2) is 0 Å². The second-order valence-corrected chi connectivity index (χ2v) is 5.37. The van der Waals surface area contributed by atoms with E-state index >= 15 is 0 Å². The first kappa shape index (κ1) is 15.3. The topological polar surface area (TPSA) is 36.3 Å². The van der Waals surface area contributed by atoms with Crippen LogP contribution in [0, 0.1) is 17.1 Å². The van der Waals surface area contributed by atoms with Gasteiger partial charge < -0.3 is 9.64 Å². The highest BCUT2D eigenvalue weighted by Gasteiger charge is 2.10. The lowest BCUT2D eigenvalue weighted by atomic mass is 10.0. The predicted octanol–water partition coefficient (Wildman–Crippen LogP) is 3.73. The third-order valence-electron chi connectivity index (χ3n) is 3.86. The molecule has 0 unspecified atom stereocenters. The molecule has 1 heterocycles.